The van der Waals surface area contributed by atoms with Gasteiger partial charge in [-0.25, -0.2) is 4.98 Å². The Morgan fingerprint density at radius 3 is 2.65 bits per heavy atom. The minimum absolute atomic E-state index is 0.293. The van der Waals surface area contributed by atoms with Gasteiger partial charge in [0.15, 0.2) is 6.10 Å². The molecule has 8 heteroatoms. The van der Waals surface area contributed by atoms with Crippen molar-refractivity contribution in [2.24, 2.45) is 0 Å². The fraction of sp³-hybridized carbons (Fsp3) is 0.0870. The highest BCUT2D eigenvalue weighted by Crippen LogP contribution is 2.30. The van der Waals surface area contributed by atoms with Crippen LogP contribution in [0.3, 0.4) is 0 Å². The monoisotopic (exact) mass is 469 g/mol. The lowest BCUT2D eigenvalue weighted by atomic mass is 10.1. The minimum atomic E-state index is -0.750. The molecule has 0 saturated heterocycles. The van der Waals surface area contributed by atoms with Gasteiger partial charge in [0.25, 0.3) is 5.91 Å². The third-order valence-corrected chi connectivity index (χ3v) is 5.85. The van der Waals surface area contributed by atoms with Gasteiger partial charge >= 0.3 is 0 Å². The van der Waals surface area contributed by atoms with E-state index in [1.807, 2.05) is 41.8 Å². The van der Waals surface area contributed by atoms with Gasteiger partial charge in [-0.05, 0) is 49.4 Å². The summed E-state index contributed by atoms with van der Waals surface area (Å²) >= 11 is 13.6. The van der Waals surface area contributed by atoms with Crippen LogP contribution < -0.4 is 10.1 Å². The molecule has 156 valence electrons. The molecule has 0 bridgehead atoms. The average molecular weight is 470 g/mol. The van der Waals surface area contributed by atoms with Crippen molar-refractivity contribution in [2.45, 2.75) is 13.0 Å². The number of thiazole rings is 1. The number of pyridine rings is 1. The van der Waals surface area contributed by atoms with Crippen LogP contribution in [0.2, 0.25) is 10.0 Å². The molecule has 4 rings (SSSR count). The molecule has 0 saturated carbocycles. The third kappa shape index (κ3) is 5.22. The molecule has 0 radical (unpaired) electrons. The number of anilines is 1. The zero-order chi connectivity index (χ0) is 21.8. The van der Waals surface area contributed by atoms with Crippen LogP contribution in [-0.2, 0) is 4.79 Å². The van der Waals surface area contributed by atoms with Gasteiger partial charge in [-0.3, -0.25) is 9.78 Å². The number of ether oxygens (including phenoxy) is 1. The summed E-state index contributed by atoms with van der Waals surface area (Å²) in [7, 11) is 0. The van der Waals surface area contributed by atoms with Crippen LogP contribution in [0.15, 0.2) is 72.4 Å². The molecule has 0 aliphatic rings. The maximum atomic E-state index is 12.6. The van der Waals surface area contributed by atoms with Crippen LogP contribution in [-0.4, -0.2) is 22.0 Å². The van der Waals surface area contributed by atoms with E-state index in [1.165, 1.54) is 0 Å². The lowest BCUT2D eigenvalue weighted by Crippen LogP contribution is -2.30. The number of aromatic nitrogens is 2. The Balaban J connectivity index is 1.46. The number of benzene rings is 2. The zero-order valence-corrected chi connectivity index (χ0v) is 18.7. The summed E-state index contributed by atoms with van der Waals surface area (Å²) in [4.78, 5) is 21.4. The Morgan fingerprint density at radius 1 is 1.06 bits per heavy atom. The van der Waals surface area contributed by atoms with Gasteiger partial charge < -0.3 is 10.1 Å². The number of amides is 1. The second-order valence-electron chi connectivity index (χ2n) is 6.68. The van der Waals surface area contributed by atoms with Crippen molar-refractivity contribution in [3.8, 4) is 27.6 Å². The highest BCUT2D eigenvalue weighted by molar-refractivity contribution is 7.13. The Hall–Kier alpha value is -2.93. The number of hydrogen-bond donors (Lipinski definition) is 1. The van der Waals surface area contributed by atoms with E-state index >= 15 is 0 Å². The Kier molecular flexibility index (Phi) is 6.51. The molecule has 0 fully saturated rings. The number of halogens is 2. The second-order valence-corrected chi connectivity index (χ2v) is 8.38. The van der Waals surface area contributed by atoms with E-state index in [9.17, 15) is 4.79 Å². The summed E-state index contributed by atoms with van der Waals surface area (Å²) in [5.41, 5.74) is 3.41. The molecule has 2 heterocycles. The highest BCUT2D eigenvalue weighted by Gasteiger charge is 2.17. The summed E-state index contributed by atoms with van der Waals surface area (Å²) in [5, 5.41) is 6.63. The lowest BCUT2D eigenvalue weighted by Gasteiger charge is -2.16. The molecule has 1 amide bonds. The van der Waals surface area contributed by atoms with Crippen LogP contribution in [0.1, 0.15) is 6.92 Å². The molecular weight excluding hydrogens is 453 g/mol. The fourth-order valence-corrected chi connectivity index (χ4v) is 4.14. The predicted octanol–water partition coefficient (Wildman–Crippen LogP) is 6.58. The molecule has 4 aromatic rings. The van der Waals surface area contributed by atoms with E-state index in [0.29, 0.717) is 21.5 Å². The zero-order valence-electron chi connectivity index (χ0n) is 16.4. The number of nitrogens with one attached hydrogen (secondary N) is 1. The molecule has 0 aliphatic carbocycles. The van der Waals surface area contributed by atoms with Crippen LogP contribution in [0, 0.1) is 0 Å². The van der Waals surface area contributed by atoms with Gasteiger partial charge in [-0.1, -0.05) is 35.3 Å². The van der Waals surface area contributed by atoms with Crippen LogP contribution >= 0.6 is 34.5 Å². The SMILES string of the molecule is CC(Oc1ccc(Cl)cc1Cl)C(=O)Nc1cccc(-c2csc(-c3ccncc3)n2)c1. The highest BCUT2D eigenvalue weighted by atomic mass is 35.5. The molecule has 5 nitrogen and oxygen atoms in total. The van der Waals surface area contributed by atoms with Crippen molar-refractivity contribution in [1.82, 2.24) is 9.97 Å². The number of carbonyl (C=O) groups is 1. The molecule has 31 heavy (non-hydrogen) atoms. The number of rotatable bonds is 6. The van der Waals surface area contributed by atoms with Crippen molar-refractivity contribution in [1.29, 1.82) is 0 Å². The van der Waals surface area contributed by atoms with Gasteiger partial charge in [-0.15, -0.1) is 11.3 Å². The first-order chi connectivity index (χ1) is 15.0. The largest absolute Gasteiger partial charge is 0.479 e. The van der Waals surface area contributed by atoms with Gasteiger partial charge in [0.1, 0.15) is 10.8 Å². The maximum absolute atomic E-state index is 12.6. The summed E-state index contributed by atoms with van der Waals surface area (Å²) in [5.74, 6) is 0.104. The van der Waals surface area contributed by atoms with Crippen molar-refractivity contribution in [3.05, 3.63) is 82.4 Å². The molecule has 0 spiro atoms. The maximum Gasteiger partial charge on any atom is 0.265 e. The molecule has 1 unspecified atom stereocenters. The van der Waals surface area contributed by atoms with Crippen LogP contribution in [0.25, 0.3) is 21.8 Å². The number of hydrogen-bond acceptors (Lipinski definition) is 5. The summed E-state index contributed by atoms with van der Waals surface area (Å²) in [6.45, 7) is 1.66. The van der Waals surface area contributed by atoms with E-state index in [0.717, 1.165) is 21.8 Å². The molecule has 2 aromatic heterocycles. The van der Waals surface area contributed by atoms with Gasteiger partial charge in [0, 0.05) is 39.6 Å². The molecular formula is C23H17Cl2N3O2S. The summed E-state index contributed by atoms with van der Waals surface area (Å²) in [6, 6.07) is 16.2. The van der Waals surface area contributed by atoms with Crippen molar-refractivity contribution >= 4 is 46.1 Å². The topological polar surface area (TPSA) is 64.1 Å². The van der Waals surface area contributed by atoms with Crippen molar-refractivity contribution < 1.29 is 9.53 Å². The Bertz CT molecular complexity index is 1210. The molecule has 2 aromatic carbocycles. The van der Waals surface area contributed by atoms with Crippen LogP contribution in [0.5, 0.6) is 5.75 Å². The van der Waals surface area contributed by atoms with E-state index < -0.39 is 6.10 Å². The molecule has 0 aliphatic heterocycles. The second kappa shape index (κ2) is 9.47. The van der Waals surface area contributed by atoms with E-state index in [-0.39, 0.29) is 5.91 Å². The average Bonchev–Trinajstić information content (AvgIpc) is 3.27. The van der Waals surface area contributed by atoms with E-state index in [1.54, 1.807) is 48.9 Å². The Labute approximate surface area is 193 Å². The first-order valence-electron chi connectivity index (χ1n) is 9.38. The van der Waals surface area contributed by atoms with Crippen molar-refractivity contribution in [2.75, 3.05) is 5.32 Å². The summed E-state index contributed by atoms with van der Waals surface area (Å²) < 4.78 is 5.68. The first kappa shape index (κ1) is 21.3. The van der Waals surface area contributed by atoms with Crippen molar-refractivity contribution in [3.63, 3.8) is 0 Å². The van der Waals surface area contributed by atoms with Gasteiger partial charge in [0.05, 0.1) is 10.7 Å². The van der Waals surface area contributed by atoms with Gasteiger partial charge in [0.2, 0.25) is 0 Å². The Morgan fingerprint density at radius 2 is 1.87 bits per heavy atom. The third-order valence-electron chi connectivity index (χ3n) is 4.42. The standard InChI is InChI=1S/C23H17Cl2N3O2S/c1-14(30-21-6-5-17(24)12-19(21)25)22(29)27-18-4-2-3-16(11-18)20-13-31-23(28-20)15-7-9-26-10-8-15/h2-14H,1H3,(H,27,29). The van der Waals surface area contributed by atoms with Crippen LogP contribution in [0.4, 0.5) is 5.69 Å². The smallest absolute Gasteiger partial charge is 0.265 e. The number of carbonyl (C=O) groups excluding carboxylic acids is 1. The number of nitrogens with zero attached hydrogens (tertiary/aromatic N) is 2. The first-order valence-corrected chi connectivity index (χ1v) is 11.0. The normalized spacial score (nSPS) is 11.7. The van der Waals surface area contributed by atoms with Gasteiger partial charge in [-0.2, -0.15) is 0 Å². The van der Waals surface area contributed by atoms with E-state index in [4.69, 9.17) is 32.9 Å². The summed E-state index contributed by atoms with van der Waals surface area (Å²) in [6.07, 6.45) is 2.74. The predicted molar refractivity (Wildman–Crippen MR) is 126 cm³/mol. The lowest BCUT2D eigenvalue weighted by molar-refractivity contribution is -0.122. The molecule has 1 N–H and O–H groups in total. The van der Waals surface area contributed by atoms with E-state index in [2.05, 4.69) is 10.3 Å². The molecule has 1 atom stereocenters. The fourth-order valence-electron chi connectivity index (χ4n) is 2.85. The minimum Gasteiger partial charge on any atom is -0.479 e. The quantitative estimate of drug-likeness (QED) is 0.346.